The summed E-state index contributed by atoms with van der Waals surface area (Å²) < 4.78 is 0. The van der Waals surface area contributed by atoms with Gasteiger partial charge >= 0.3 is 0 Å². The quantitative estimate of drug-likeness (QED) is 0.473. The van der Waals surface area contributed by atoms with Crippen LogP contribution >= 0.6 is 0 Å². The second-order valence-electron chi connectivity index (χ2n) is 12.1. The molecule has 0 N–H and O–H groups in total. The Balaban J connectivity index is 1.13. The van der Waals surface area contributed by atoms with Crippen molar-refractivity contribution in [3.8, 4) is 11.1 Å². The van der Waals surface area contributed by atoms with Gasteiger partial charge in [0.2, 0.25) is 5.91 Å². The molecule has 2 saturated carbocycles. The fourth-order valence-electron chi connectivity index (χ4n) is 6.01. The molecule has 3 aromatic carbocycles. The first-order chi connectivity index (χ1) is 17.7. The van der Waals surface area contributed by atoms with Crippen LogP contribution in [-0.4, -0.2) is 52.6 Å². The van der Waals surface area contributed by atoms with Crippen LogP contribution in [0.5, 0.6) is 0 Å². The first-order valence-electron chi connectivity index (χ1n) is 13.6. The number of aliphatic imine (C=N–C) groups is 1. The summed E-state index contributed by atoms with van der Waals surface area (Å²) in [6.07, 6.45) is 3.69. The van der Waals surface area contributed by atoms with Crippen molar-refractivity contribution in [1.82, 2.24) is 9.80 Å². The molecule has 5 nitrogen and oxygen atoms in total. The molecule has 4 aliphatic rings. The van der Waals surface area contributed by atoms with Gasteiger partial charge in [-0.1, -0.05) is 61.0 Å². The molecule has 0 aromatic heterocycles. The van der Waals surface area contributed by atoms with Crippen LogP contribution in [0.15, 0.2) is 59.6 Å². The van der Waals surface area contributed by atoms with Crippen LogP contribution in [0.3, 0.4) is 0 Å². The molecular weight excluding hydrogens is 458 g/mol. The van der Waals surface area contributed by atoms with Crippen LogP contribution < -0.4 is 0 Å². The van der Waals surface area contributed by atoms with Crippen molar-refractivity contribution in [3.05, 3.63) is 71.3 Å². The van der Waals surface area contributed by atoms with Crippen molar-refractivity contribution in [3.63, 3.8) is 0 Å². The number of hydrogen-bond donors (Lipinski definition) is 0. The number of carbonyl (C=O) groups is 2. The molecule has 0 unspecified atom stereocenters. The van der Waals surface area contributed by atoms with Crippen LogP contribution in [0.25, 0.3) is 21.9 Å². The number of amides is 2. The lowest BCUT2D eigenvalue weighted by atomic mass is 9.94. The number of nitrogens with zero attached hydrogens (tertiary/aromatic N) is 3. The minimum Gasteiger partial charge on any atom is -0.341 e. The van der Waals surface area contributed by atoms with Crippen molar-refractivity contribution < 1.29 is 9.59 Å². The summed E-state index contributed by atoms with van der Waals surface area (Å²) in [5.41, 5.74) is 5.14. The number of amidine groups is 1. The van der Waals surface area contributed by atoms with E-state index in [1.165, 1.54) is 27.5 Å². The fourth-order valence-corrected chi connectivity index (χ4v) is 6.01. The van der Waals surface area contributed by atoms with Crippen molar-refractivity contribution in [2.45, 2.75) is 52.0 Å². The second kappa shape index (κ2) is 7.77. The van der Waals surface area contributed by atoms with Crippen LogP contribution in [0.2, 0.25) is 0 Å². The minimum atomic E-state index is -0.530. The minimum absolute atomic E-state index is 0.123. The zero-order valence-electron chi connectivity index (χ0n) is 21.9. The van der Waals surface area contributed by atoms with Gasteiger partial charge in [0.15, 0.2) is 0 Å². The van der Waals surface area contributed by atoms with Gasteiger partial charge < -0.3 is 4.90 Å². The van der Waals surface area contributed by atoms with Gasteiger partial charge in [0.1, 0.15) is 11.4 Å². The largest absolute Gasteiger partial charge is 0.341 e. The molecule has 5 heteroatoms. The van der Waals surface area contributed by atoms with Crippen molar-refractivity contribution >= 4 is 28.4 Å². The van der Waals surface area contributed by atoms with Crippen molar-refractivity contribution in [2.24, 2.45) is 16.3 Å². The zero-order valence-corrected chi connectivity index (χ0v) is 21.9. The van der Waals surface area contributed by atoms with Gasteiger partial charge in [0.25, 0.3) is 5.91 Å². The van der Waals surface area contributed by atoms with Gasteiger partial charge in [0, 0.05) is 36.5 Å². The van der Waals surface area contributed by atoms with E-state index in [0.29, 0.717) is 18.4 Å². The lowest BCUT2D eigenvalue weighted by Gasteiger charge is -2.42. The Morgan fingerprint density at radius 2 is 1.59 bits per heavy atom. The molecule has 0 atom stereocenters. The number of rotatable bonds is 5. The first kappa shape index (κ1) is 22.7. The molecule has 2 aliphatic heterocycles. The molecule has 0 radical (unpaired) electrons. The summed E-state index contributed by atoms with van der Waals surface area (Å²) in [5, 5.41) is 2.49. The lowest BCUT2D eigenvalue weighted by molar-refractivity contribution is -0.143. The monoisotopic (exact) mass is 491 g/mol. The maximum atomic E-state index is 13.4. The van der Waals surface area contributed by atoms with E-state index in [1.54, 1.807) is 0 Å². The van der Waals surface area contributed by atoms with Gasteiger partial charge in [-0.15, -0.1) is 0 Å². The standard InChI is InChI=1S/C32H33N3O2/c1-20-4-5-25-16-26(7-6-23(25)14-20)24-8-9-27(21(2)15-24)28-33-32(12-13-32)30(37)35(28)19-22-17-34(18-22)29(36)31(3)10-11-31/h4-9,14-16,22H,10-13,17-19H2,1-3H3. The molecular formula is C32H33N3O2. The van der Waals surface area contributed by atoms with Crippen LogP contribution in [0.4, 0.5) is 0 Å². The van der Waals surface area contributed by atoms with E-state index < -0.39 is 5.54 Å². The van der Waals surface area contributed by atoms with E-state index in [1.807, 2.05) is 9.80 Å². The molecule has 188 valence electrons. The van der Waals surface area contributed by atoms with Gasteiger partial charge in [0.05, 0.1) is 0 Å². The molecule has 37 heavy (non-hydrogen) atoms. The predicted molar refractivity (Wildman–Crippen MR) is 146 cm³/mol. The molecule has 2 heterocycles. The van der Waals surface area contributed by atoms with Crippen LogP contribution in [0.1, 0.15) is 49.3 Å². The van der Waals surface area contributed by atoms with Crippen LogP contribution in [0, 0.1) is 25.2 Å². The van der Waals surface area contributed by atoms with E-state index in [2.05, 4.69) is 75.4 Å². The predicted octanol–water partition coefficient (Wildman–Crippen LogP) is 5.50. The molecule has 2 amide bonds. The van der Waals surface area contributed by atoms with Gasteiger partial charge in [-0.3, -0.25) is 19.5 Å². The number of benzene rings is 3. The summed E-state index contributed by atoms with van der Waals surface area (Å²) in [4.78, 5) is 35.0. The van der Waals surface area contributed by atoms with E-state index in [9.17, 15) is 9.59 Å². The van der Waals surface area contributed by atoms with Gasteiger partial charge in [-0.25, -0.2) is 0 Å². The fraction of sp³-hybridized carbons (Fsp3) is 0.406. The molecule has 0 bridgehead atoms. The molecule has 1 saturated heterocycles. The van der Waals surface area contributed by atoms with E-state index >= 15 is 0 Å². The van der Waals surface area contributed by atoms with Crippen LogP contribution in [-0.2, 0) is 9.59 Å². The highest BCUT2D eigenvalue weighted by Gasteiger charge is 2.58. The average Bonchev–Trinajstić information content (AvgIpc) is 3.78. The van der Waals surface area contributed by atoms with Gasteiger partial charge in [-0.05, 0) is 73.1 Å². The summed E-state index contributed by atoms with van der Waals surface area (Å²) in [5.74, 6) is 1.57. The summed E-state index contributed by atoms with van der Waals surface area (Å²) in [6.45, 7) is 8.45. The van der Waals surface area contributed by atoms with Gasteiger partial charge in [-0.2, -0.15) is 0 Å². The highest BCUT2D eigenvalue weighted by atomic mass is 16.2. The second-order valence-corrected chi connectivity index (χ2v) is 12.1. The Morgan fingerprint density at radius 1 is 0.919 bits per heavy atom. The van der Waals surface area contributed by atoms with Crippen molar-refractivity contribution in [2.75, 3.05) is 19.6 Å². The number of fused-ring (bicyclic) bond motifs is 1. The lowest BCUT2D eigenvalue weighted by Crippen LogP contribution is -2.56. The molecule has 3 fully saturated rings. The third kappa shape index (κ3) is 3.70. The summed E-state index contributed by atoms with van der Waals surface area (Å²) in [6, 6.07) is 19.7. The highest BCUT2D eigenvalue weighted by molar-refractivity contribution is 6.17. The maximum Gasteiger partial charge on any atom is 0.256 e. The van der Waals surface area contributed by atoms with E-state index in [4.69, 9.17) is 4.99 Å². The SMILES string of the molecule is Cc1ccc2cc(-c3ccc(C4=NC5(CC5)C(=O)N4CC4CN(C(=O)C5(C)CC5)C4)c(C)c3)ccc2c1. The Hall–Kier alpha value is -3.47. The maximum absolute atomic E-state index is 13.4. The topological polar surface area (TPSA) is 53.0 Å². The molecule has 2 aliphatic carbocycles. The third-order valence-electron chi connectivity index (χ3n) is 8.94. The number of likely N-dealkylation sites (tertiary alicyclic amines) is 1. The highest BCUT2D eigenvalue weighted by Crippen LogP contribution is 2.48. The number of carbonyl (C=O) groups excluding carboxylic acids is 2. The Bertz CT molecular complexity index is 1510. The van der Waals surface area contributed by atoms with E-state index in [-0.39, 0.29) is 11.3 Å². The Kier molecular flexibility index (Phi) is 4.77. The smallest absolute Gasteiger partial charge is 0.256 e. The summed E-state index contributed by atoms with van der Waals surface area (Å²) >= 11 is 0. The average molecular weight is 492 g/mol. The zero-order chi connectivity index (χ0) is 25.5. The Morgan fingerprint density at radius 3 is 2.30 bits per heavy atom. The Labute approximate surface area is 218 Å². The third-order valence-corrected chi connectivity index (χ3v) is 8.94. The van der Waals surface area contributed by atoms with E-state index in [0.717, 1.165) is 55.7 Å². The van der Waals surface area contributed by atoms with Crippen molar-refractivity contribution in [1.29, 1.82) is 0 Å². The number of aryl methyl sites for hydroxylation is 2. The summed E-state index contributed by atoms with van der Waals surface area (Å²) in [7, 11) is 0. The first-order valence-corrected chi connectivity index (χ1v) is 13.6. The number of hydrogen-bond acceptors (Lipinski definition) is 3. The molecule has 7 rings (SSSR count). The normalized spacial score (nSPS) is 21.4. The molecule has 3 aromatic rings. The molecule has 1 spiro atoms.